The number of nitrogen functional groups attached to an aromatic ring is 1. The molecular formula is C26H35ClN2O5. The molecule has 0 aliphatic carbocycles. The van der Waals surface area contributed by atoms with Gasteiger partial charge in [0.1, 0.15) is 30.1 Å². The molecule has 0 saturated carbocycles. The van der Waals surface area contributed by atoms with Crippen molar-refractivity contribution in [2.24, 2.45) is 0 Å². The zero-order valence-electron chi connectivity index (χ0n) is 20.2. The number of nitrogens with zero attached hydrogens (tertiary/aromatic N) is 1. The summed E-state index contributed by atoms with van der Waals surface area (Å²) in [6.45, 7) is 2.12. The Bertz CT molecular complexity index is 925. The summed E-state index contributed by atoms with van der Waals surface area (Å²) < 4.78 is 22.6. The Morgan fingerprint density at radius 2 is 1.76 bits per heavy atom. The van der Waals surface area contributed by atoms with Crippen LogP contribution in [-0.2, 0) is 16.1 Å². The molecule has 0 bridgehead atoms. The fourth-order valence-electron chi connectivity index (χ4n) is 4.43. The lowest BCUT2D eigenvalue weighted by Crippen LogP contribution is -2.39. The molecule has 7 nitrogen and oxygen atoms in total. The molecular weight excluding hydrogens is 456 g/mol. The number of likely N-dealkylation sites (tertiary alicyclic amines) is 1. The molecule has 2 aromatic carbocycles. The highest BCUT2D eigenvalue weighted by Crippen LogP contribution is 2.39. The predicted octanol–water partition coefficient (Wildman–Crippen LogP) is 5.04. The Morgan fingerprint density at radius 3 is 2.35 bits per heavy atom. The van der Waals surface area contributed by atoms with Crippen LogP contribution in [0.4, 0.5) is 5.69 Å². The van der Waals surface area contributed by atoms with Gasteiger partial charge >= 0.3 is 0 Å². The first-order valence-electron chi connectivity index (χ1n) is 11.6. The van der Waals surface area contributed by atoms with Gasteiger partial charge in [0.2, 0.25) is 0 Å². The lowest BCUT2D eigenvalue weighted by atomic mass is 9.95. The zero-order valence-corrected chi connectivity index (χ0v) is 21.0. The largest absolute Gasteiger partial charge is 0.497 e. The number of halogens is 1. The maximum absolute atomic E-state index is 11.0. The molecule has 34 heavy (non-hydrogen) atoms. The number of piperidine rings is 1. The quantitative estimate of drug-likeness (QED) is 0.253. The van der Waals surface area contributed by atoms with Gasteiger partial charge in [0, 0.05) is 50.4 Å². The Kier molecular flexibility index (Phi) is 9.86. The summed E-state index contributed by atoms with van der Waals surface area (Å²) in [6, 6.07) is 9.42. The number of carbonyl (C=O) groups excluding carboxylic acids is 1. The van der Waals surface area contributed by atoms with Crippen molar-refractivity contribution in [1.82, 2.24) is 4.90 Å². The van der Waals surface area contributed by atoms with Crippen molar-refractivity contribution in [2.75, 3.05) is 40.2 Å². The van der Waals surface area contributed by atoms with Crippen molar-refractivity contribution >= 4 is 23.6 Å². The molecule has 1 unspecified atom stereocenters. The highest BCUT2D eigenvalue weighted by atomic mass is 35.5. The third-order valence-electron chi connectivity index (χ3n) is 6.34. The van der Waals surface area contributed by atoms with Crippen LogP contribution in [0.1, 0.15) is 49.3 Å². The number of carbonyl (C=O) groups is 1. The molecule has 0 amide bonds. The van der Waals surface area contributed by atoms with E-state index in [1.54, 1.807) is 27.4 Å². The van der Waals surface area contributed by atoms with Crippen molar-refractivity contribution in [3.8, 4) is 17.2 Å². The third-order valence-corrected chi connectivity index (χ3v) is 6.67. The van der Waals surface area contributed by atoms with E-state index in [9.17, 15) is 4.79 Å². The summed E-state index contributed by atoms with van der Waals surface area (Å²) in [5.74, 6) is 2.08. The molecule has 2 aromatic rings. The van der Waals surface area contributed by atoms with Crippen molar-refractivity contribution in [2.45, 2.75) is 50.9 Å². The molecule has 3 rings (SSSR count). The van der Waals surface area contributed by atoms with E-state index < -0.39 is 0 Å². The standard InChI is InChI=1S/C26H35ClN2O5/c1-31-19-7-9-29(10-8-19)25(6-4-5-11-30)22-15-23(27)24(28)16-26(22)34-17-18-12-20(32-2)14-21(13-18)33-3/h11-16,19,25H,4-10,17,28H2,1-3H3. The van der Waals surface area contributed by atoms with Crippen molar-refractivity contribution in [1.29, 1.82) is 0 Å². The topological polar surface area (TPSA) is 83.3 Å². The SMILES string of the molecule is COc1cc(COc2cc(N)c(Cl)cc2C(CCCC=O)N2CCC(OC)CC2)cc(OC)c1. The summed E-state index contributed by atoms with van der Waals surface area (Å²) >= 11 is 6.46. The van der Waals surface area contributed by atoms with Crippen LogP contribution in [-0.4, -0.2) is 51.7 Å². The predicted molar refractivity (Wildman–Crippen MR) is 134 cm³/mol. The first kappa shape index (κ1) is 26.1. The molecule has 0 spiro atoms. The first-order chi connectivity index (χ1) is 16.5. The third kappa shape index (κ3) is 6.78. The highest BCUT2D eigenvalue weighted by Gasteiger charge is 2.28. The number of unbranched alkanes of at least 4 members (excludes halogenated alkanes) is 1. The van der Waals surface area contributed by atoms with Gasteiger partial charge in [-0.3, -0.25) is 4.90 Å². The summed E-state index contributed by atoms with van der Waals surface area (Å²) in [6.07, 6.45) is 5.30. The van der Waals surface area contributed by atoms with Gasteiger partial charge in [-0.1, -0.05) is 11.6 Å². The number of rotatable bonds is 12. The Labute approximate surface area is 207 Å². The maximum atomic E-state index is 11.0. The maximum Gasteiger partial charge on any atom is 0.126 e. The summed E-state index contributed by atoms with van der Waals surface area (Å²) in [5.41, 5.74) is 8.52. The minimum absolute atomic E-state index is 0.0608. The molecule has 1 aliphatic heterocycles. The lowest BCUT2D eigenvalue weighted by molar-refractivity contribution is -0.108. The summed E-state index contributed by atoms with van der Waals surface area (Å²) in [4.78, 5) is 13.4. The molecule has 186 valence electrons. The van der Waals surface area contributed by atoms with E-state index in [2.05, 4.69) is 4.90 Å². The monoisotopic (exact) mass is 490 g/mol. The number of ether oxygens (including phenoxy) is 4. The Hall–Kier alpha value is -2.48. The highest BCUT2D eigenvalue weighted by molar-refractivity contribution is 6.33. The van der Waals surface area contributed by atoms with E-state index in [1.807, 2.05) is 24.3 Å². The van der Waals surface area contributed by atoms with E-state index in [-0.39, 0.29) is 12.1 Å². The van der Waals surface area contributed by atoms with Crippen molar-refractivity contribution < 1.29 is 23.7 Å². The number of aldehydes is 1. The van der Waals surface area contributed by atoms with Gasteiger partial charge in [0.25, 0.3) is 0 Å². The second kappa shape index (κ2) is 12.8. The van der Waals surface area contributed by atoms with Gasteiger partial charge < -0.3 is 29.5 Å². The van der Waals surface area contributed by atoms with E-state index in [0.717, 1.165) is 56.2 Å². The number of anilines is 1. The van der Waals surface area contributed by atoms with Crippen LogP contribution >= 0.6 is 11.6 Å². The average molecular weight is 491 g/mol. The van der Waals surface area contributed by atoms with Crippen LogP contribution in [0.3, 0.4) is 0 Å². The second-order valence-electron chi connectivity index (χ2n) is 8.51. The smallest absolute Gasteiger partial charge is 0.126 e. The van der Waals surface area contributed by atoms with E-state index in [1.165, 1.54) is 0 Å². The van der Waals surface area contributed by atoms with E-state index in [0.29, 0.717) is 41.0 Å². The minimum Gasteiger partial charge on any atom is -0.497 e. The fourth-order valence-corrected chi connectivity index (χ4v) is 4.61. The minimum atomic E-state index is 0.0608. The van der Waals surface area contributed by atoms with Gasteiger partial charge in [0.15, 0.2) is 0 Å². The molecule has 1 fully saturated rings. The molecule has 0 radical (unpaired) electrons. The Morgan fingerprint density at radius 1 is 1.09 bits per heavy atom. The summed E-state index contributed by atoms with van der Waals surface area (Å²) in [5, 5.41) is 0.498. The van der Waals surface area contributed by atoms with Crippen LogP contribution in [0.15, 0.2) is 30.3 Å². The number of hydrogen-bond donors (Lipinski definition) is 1. The molecule has 1 aliphatic rings. The molecule has 8 heteroatoms. The Balaban J connectivity index is 1.89. The fraction of sp³-hybridized carbons (Fsp3) is 0.500. The second-order valence-corrected chi connectivity index (χ2v) is 8.91. The lowest BCUT2D eigenvalue weighted by Gasteiger charge is -2.38. The number of benzene rings is 2. The molecule has 2 N–H and O–H groups in total. The van der Waals surface area contributed by atoms with Gasteiger partial charge in [-0.05, 0) is 49.4 Å². The number of nitrogens with two attached hydrogens (primary N) is 1. The molecule has 1 atom stereocenters. The van der Waals surface area contributed by atoms with Crippen LogP contribution in [0.25, 0.3) is 0 Å². The van der Waals surface area contributed by atoms with Crippen LogP contribution in [0.5, 0.6) is 17.2 Å². The number of methoxy groups -OCH3 is 3. The summed E-state index contributed by atoms with van der Waals surface area (Å²) in [7, 11) is 5.00. The van der Waals surface area contributed by atoms with Gasteiger partial charge in [-0.15, -0.1) is 0 Å². The van der Waals surface area contributed by atoms with Crippen molar-refractivity contribution in [3.63, 3.8) is 0 Å². The molecule has 1 saturated heterocycles. The average Bonchev–Trinajstić information content (AvgIpc) is 2.87. The molecule has 1 heterocycles. The van der Waals surface area contributed by atoms with Crippen molar-refractivity contribution in [3.05, 3.63) is 46.5 Å². The van der Waals surface area contributed by atoms with Crippen LogP contribution < -0.4 is 19.9 Å². The molecule has 0 aromatic heterocycles. The normalized spacial score (nSPS) is 15.6. The zero-order chi connectivity index (χ0) is 24.5. The van der Waals surface area contributed by atoms with Crippen LogP contribution in [0, 0.1) is 0 Å². The van der Waals surface area contributed by atoms with Gasteiger partial charge in [0.05, 0.1) is 31.0 Å². The number of hydrogen-bond acceptors (Lipinski definition) is 7. The van der Waals surface area contributed by atoms with E-state index >= 15 is 0 Å². The van der Waals surface area contributed by atoms with Crippen LogP contribution in [0.2, 0.25) is 5.02 Å². The van der Waals surface area contributed by atoms with E-state index in [4.69, 9.17) is 36.3 Å². The van der Waals surface area contributed by atoms with Gasteiger partial charge in [-0.2, -0.15) is 0 Å². The first-order valence-corrected chi connectivity index (χ1v) is 12.0. The van der Waals surface area contributed by atoms with Gasteiger partial charge in [-0.25, -0.2) is 0 Å².